The molecule has 1 aliphatic carbocycles. The van der Waals surface area contributed by atoms with Crippen LogP contribution in [0.1, 0.15) is 50.2 Å². The zero-order valence-corrected chi connectivity index (χ0v) is 22.4. The molecule has 6 nitrogen and oxygen atoms in total. The number of Topliss-reactive ketones (excluding diaryl/α,β-unsaturated/α-hetero) is 1. The van der Waals surface area contributed by atoms with Gasteiger partial charge < -0.3 is 19.5 Å². The average Bonchev–Trinajstić information content (AvgIpc) is 2.83. The molecule has 3 unspecified atom stereocenters. The Morgan fingerprint density at radius 1 is 0.972 bits per heavy atom. The van der Waals surface area contributed by atoms with Crippen LogP contribution >= 0.6 is 23.2 Å². The molecule has 4 rings (SSSR count). The van der Waals surface area contributed by atoms with Crippen LogP contribution in [0.5, 0.6) is 11.5 Å². The van der Waals surface area contributed by atoms with Gasteiger partial charge in [0.25, 0.3) is 0 Å². The van der Waals surface area contributed by atoms with Crippen LogP contribution in [0.15, 0.2) is 59.4 Å². The van der Waals surface area contributed by atoms with Gasteiger partial charge in [0.2, 0.25) is 0 Å². The zero-order valence-electron chi connectivity index (χ0n) is 20.9. The number of fused-ring (bicyclic) bond motifs is 1. The Morgan fingerprint density at radius 2 is 1.67 bits per heavy atom. The van der Waals surface area contributed by atoms with Crippen molar-refractivity contribution in [1.82, 2.24) is 5.32 Å². The molecule has 2 aromatic carbocycles. The van der Waals surface area contributed by atoms with Crippen molar-refractivity contribution in [1.29, 1.82) is 0 Å². The number of carbonyl (C=O) groups is 2. The molecule has 2 aliphatic rings. The maximum Gasteiger partial charge on any atom is 0.336 e. The maximum atomic E-state index is 13.8. The summed E-state index contributed by atoms with van der Waals surface area (Å²) in [6.45, 7) is 5.41. The molecule has 1 heterocycles. The van der Waals surface area contributed by atoms with Crippen molar-refractivity contribution >= 4 is 35.0 Å². The van der Waals surface area contributed by atoms with Gasteiger partial charge in [-0.1, -0.05) is 41.4 Å². The minimum absolute atomic E-state index is 0.0122. The first kappa shape index (κ1) is 26.1. The predicted molar refractivity (Wildman–Crippen MR) is 140 cm³/mol. The molecule has 0 radical (unpaired) electrons. The van der Waals surface area contributed by atoms with Crippen LogP contribution in [0, 0.1) is 5.92 Å². The van der Waals surface area contributed by atoms with E-state index in [0.29, 0.717) is 32.8 Å². The van der Waals surface area contributed by atoms with Crippen molar-refractivity contribution in [3.05, 3.63) is 80.6 Å². The number of carbonyl (C=O) groups excluding carboxylic acids is 2. The first-order valence-corrected chi connectivity index (χ1v) is 12.5. The van der Waals surface area contributed by atoms with E-state index in [-0.39, 0.29) is 24.2 Å². The summed E-state index contributed by atoms with van der Waals surface area (Å²) in [7, 11) is 3.17. The molecule has 3 atom stereocenters. The van der Waals surface area contributed by atoms with Crippen molar-refractivity contribution in [3.63, 3.8) is 0 Å². The smallest absolute Gasteiger partial charge is 0.336 e. The van der Waals surface area contributed by atoms with Gasteiger partial charge in [0.15, 0.2) is 11.5 Å². The van der Waals surface area contributed by atoms with Crippen molar-refractivity contribution in [2.24, 2.45) is 5.92 Å². The number of benzene rings is 2. The Bertz CT molecular complexity index is 1270. The number of hydrogen-bond acceptors (Lipinski definition) is 6. The number of halogens is 2. The molecule has 8 heteroatoms. The quantitative estimate of drug-likeness (QED) is 0.450. The molecule has 0 saturated heterocycles. The van der Waals surface area contributed by atoms with Crippen LogP contribution in [-0.2, 0) is 14.3 Å². The number of allylic oxidation sites excluding steroid dienone is 3. The van der Waals surface area contributed by atoms with Crippen molar-refractivity contribution in [2.75, 3.05) is 14.2 Å². The Morgan fingerprint density at radius 3 is 2.31 bits per heavy atom. The topological polar surface area (TPSA) is 73.9 Å². The van der Waals surface area contributed by atoms with E-state index in [1.54, 1.807) is 40.2 Å². The van der Waals surface area contributed by atoms with Crippen LogP contribution < -0.4 is 14.8 Å². The molecule has 1 aliphatic heterocycles. The van der Waals surface area contributed by atoms with Crippen molar-refractivity contribution in [2.45, 2.75) is 45.1 Å². The minimum Gasteiger partial charge on any atom is -0.493 e. The van der Waals surface area contributed by atoms with Crippen LogP contribution in [0.25, 0.3) is 0 Å². The molecule has 0 aromatic heterocycles. The minimum atomic E-state index is -0.586. The van der Waals surface area contributed by atoms with E-state index in [9.17, 15) is 9.59 Å². The van der Waals surface area contributed by atoms with Gasteiger partial charge >= 0.3 is 5.97 Å². The first-order valence-electron chi connectivity index (χ1n) is 11.7. The third kappa shape index (κ3) is 4.97. The fourth-order valence-electron chi connectivity index (χ4n) is 4.99. The van der Waals surface area contributed by atoms with Gasteiger partial charge in [-0.25, -0.2) is 4.79 Å². The fourth-order valence-corrected chi connectivity index (χ4v) is 5.29. The number of esters is 1. The van der Waals surface area contributed by atoms with Crippen LogP contribution in [0.2, 0.25) is 10.0 Å². The summed E-state index contributed by atoms with van der Waals surface area (Å²) in [5.41, 5.74) is 3.48. The molecule has 190 valence electrons. The van der Waals surface area contributed by atoms with Gasteiger partial charge in [0.1, 0.15) is 5.78 Å². The summed E-state index contributed by atoms with van der Waals surface area (Å²) in [6, 6.07) is 10.9. The number of hydrogen-bond donors (Lipinski definition) is 1. The second-order valence-corrected chi connectivity index (χ2v) is 10.1. The number of rotatable bonds is 6. The van der Waals surface area contributed by atoms with Crippen LogP contribution in [0.3, 0.4) is 0 Å². The van der Waals surface area contributed by atoms with Crippen LogP contribution in [-0.4, -0.2) is 32.1 Å². The summed E-state index contributed by atoms with van der Waals surface area (Å²) >= 11 is 12.5. The van der Waals surface area contributed by atoms with Gasteiger partial charge in [0, 0.05) is 29.7 Å². The van der Waals surface area contributed by atoms with Gasteiger partial charge in [-0.05, 0) is 56.2 Å². The number of nitrogens with one attached hydrogen (secondary N) is 1. The van der Waals surface area contributed by atoms with Crippen molar-refractivity contribution < 1.29 is 23.8 Å². The van der Waals surface area contributed by atoms with Gasteiger partial charge in [-0.2, -0.15) is 0 Å². The van der Waals surface area contributed by atoms with E-state index in [1.807, 2.05) is 31.2 Å². The normalized spacial score (nSPS) is 21.5. The van der Waals surface area contributed by atoms with Gasteiger partial charge in [-0.3, -0.25) is 4.79 Å². The van der Waals surface area contributed by atoms with Crippen LogP contribution in [0.4, 0.5) is 0 Å². The van der Waals surface area contributed by atoms with E-state index in [4.69, 9.17) is 37.4 Å². The third-order valence-electron chi connectivity index (χ3n) is 6.57. The second-order valence-electron chi connectivity index (χ2n) is 9.26. The standard InChI is InChI=1S/C28H29Cl2NO5/c1-14(2)36-28(33)25-15(3)31-21-11-18(16-7-9-23(34-4)24(13-16)35-5)12-22(32)27(21)26(25)17-6-8-19(29)20(30)10-17/h6-11,13-14,18,26-27,31H,12H2,1-5H3. The lowest BCUT2D eigenvalue weighted by atomic mass is 9.68. The maximum absolute atomic E-state index is 13.8. The molecule has 0 fully saturated rings. The highest BCUT2D eigenvalue weighted by Gasteiger charge is 2.45. The lowest BCUT2D eigenvalue weighted by Crippen LogP contribution is -2.42. The molecule has 2 aromatic rings. The van der Waals surface area contributed by atoms with E-state index in [2.05, 4.69) is 11.4 Å². The summed E-state index contributed by atoms with van der Waals surface area (Å²) in [6.07, 6.45) is 2.03. The van der Waals surface area contributed by atoms with E-state index >= 15 is 0 Å². The average molecular weight is 530 g/mol. The second kappa shape index (κ2) is 10.6. The molecular formula is C28H29Cl2NO5. The molecule has 0 spiro atoms. The van der Waals surface area contributed by atoms with E-state index in [0.717, 1.165) is 16.8 Å². The molecule has 1 N–H and O–H groups in total. The number of ether oxygens (including phenoxy) is 3. The molecular weight excluding hydrogens is 501 g/mol. The van der Waals surface area contributed by atoms with Gasteiger partial charge in [0.05, 0.1) is 41.9 Å². The largest absolute Gasteiger partial charge is 0.493 e. The zero-order chi connectivity index (χ0) is 26.1. The Labute approximate surface area is 221 Å². The Hall–Kier alpha value is -2.96. The first-order chi connectivity index (χ1) is 17.1. The summed E-state index contributed by atoms with van der Waals surface area (Å²) in [5, 5.41) is 4.10. The molecule has 36 heavy (non-hydrogen) atoms. The Kier molecular flexibility index (Phi) is 7.67. The van der Waals surface area contributed by atoms with Gasteiger partial charge in [-0.15, -0.1) is 0 Å². The highest BCUT2D eigenvalue weighted by atomic mass is 35.5. The summed E-state index contributed by atoms with van der Waals surface area (Å²) < 4.78 is 16.4. The highest BCUT2D eigenvalue weighted by Crippen LogP contribution is 2.47. The summed E-state index contributed by atoms with van der Waals surface area (Å²) in [5.74, 6) is -0.533. The fraction of sp³-hybridized carbons (Fsp3) is 0.357. The summed E-state index contributed by atoms with van der Waals surface area (Å²) in [4.78, 5) is 27.0. The Balaban J connectivity index is 1.82. The molecule has 0 amide bonds. The van der Waals surface area contributed by atoms with Crippen molar-refractivity contribution in [3.8, 4) is 11.5 Å². The highest BCUT2D eigenvalue weighted by molar-refractivity contribution is 6.42. The molecule has 0 bridgehead atoms. The SMILES string of the molecule is COc1ccc(C2C=C3NC(C)=C(C(=O)OC(C)C)C(c4ccc(Cl)c(Cl)c4)C3C(=O)C2)cc1OC. The van der Waals surface area contributed by atoms with E-state index < -0.39 is 17.8 Å². The lowest BCUT2D eigenvalue weighted by Gasteiger charge is -2.39. The number of methoxy groups -OCH3 is 2. The lowest BCUT2D eigenvalue weighted by molar-refractivity contribution is -0.143. The number of ketones is 1. The predicted octanol–water partition coefficient (Wildman–Crippen LogP) is 6.18. The monoisotopic (exact) mass is 529 g/mol. The molecule has 0 saturated carbocycles. The third-order valence-corrected chi connectivity index (χ3v) is 7.30. The van der Waals surface area contributed by atoms with E-state index in [1.165, 1.54) is 0 Å².